The summed E-state index contributed by atoms with van der Waals surface area (Å²) < 4.78 is 0. The topological polar surface area (TPSA) is 58.2 Å². The minimum atomic E-state index is -0.458. The van der Waals surface area contributed by atoms with Gasteiger partial charge >= 0.3 is 6.03 Å². The number of hydrogen-bond donors (Lipinski definition) is 2. The number of hydrogen-bond acceptors (Lipinski definition) is 4. The number of carbonyl (C=O) groups excluding carboxylic acids is 2. The van der Waals surface area contributed by atoms with E-state index in [1.165, 1.54) is 11.8 Å². The number of thiophene rings is 1. The lowest BCUT2D eigenvalue weighted by atomic mass is 10.2. The number of carbonyl (C=O) groups is 2. The highest BCUT2D eigenvalue weighted by Gasteiger charge is 2.09. The van der Waals surface area contributed by atoms with Crippen LogP contribution < -0.4 is 10.6 Å². The third-order valence-electron chi connectivity index (χ3n) is 2.96. The molecule has 0 aliphatic heterocycles. The number of thioether (sulfide) groups is 1. The zero-order valence-electron chi connectivity index (χ0n) is 12.5. The van der Waals surface area contributed by atoms with Crippen LogP contribution in [-0.4, -0.2) is 17.7 Å². The summed E-state index contributed by atoms with van der Waals surface area (Å²) in [5.74, 6) is -0.0777. The Bertz CT molecular complexity index is 654. The SMILES string of the molecule is Cc1ccc(C)c(SCC(=O)NC(=O)NCc2cccs2)c1. The van der Waals surface area contributed by atoms with Crippen LogP contribution in [0.4, 0.5) is 4.79 Å². The van der Waals surface area contributed by atoms with Crippen molar-refractivity contribution in [3.8, 4) is 0 Å². The van der Waals surface area contributed by atoms with Gasteiger partial charge in [0.25, 0.3) is 0 Å². The van der Waals surface area contributed by atoms with Gasteiger partial charge < -0.3 is 5.32 Å². The van der Waals surface area contributed by atoms with Crippen LogP contribution in [0.25, 0.3) is 0 Å². The second-order valence-electron chi connectivity index (χ2n) is 4.87. The standard InChI is InChI=1S/C16H18N2O2S2/c1-11-5-6-12(2)14(8-11)22-10-15(19)18-16(20)17-9-13-4-3-7-21-13/h3-8H,9-10H2,1-2H3,(H2,17,18,19,20). The number of nitrogens with one attached hydrogen (secondary N) is 2. The number of benzene rings is 1. The van der Waals surface area contributed by atoms with Gasteiger partial charge in [-0.2, -0.15) is 0 Å². The van der Waals surface area contributed by atoms with Gasteiger partial charge in [-0.3, -0.25) is 10.1 Å². The molecule has 0 atom stereocenters. The first-order valence-corrected chi connectivity index (χ1v) is 8.71. The fraction of sp³-hybridized carbons (Fsp3) is 0.250. The lowest BCUT2D eigenvalue weighted by Crippen LogP contribution is -2.39. The molecule has 0 radical (unpaired) electrons. The molecule has 0 aliphatic rings. The van der Waals surface area contributed by atoms with E-state index < -0.39 is 6.03 Å². The number of aryl methyl sites for hydroxylation is 2. The molecule has 0 saturated carbocycles. The van der Waals surface area contributed by atoms with Crippen molar-refractivity contribution >= 4 is 35.0 Å². The average molecular weight is 334 g/mol. The van der Waals surface area contributed by atoms with Crippen molar-refractivity contribution in [1.29, 1.82) is 0 Å². The van der Waals surface area contributed by atoms with Crippen molar-refractivity contribution in [2.24, 2.45) is 0 Å². The summed E-state index contributed by atoms with van der Waals surface area (Å²) in [6.45, 7) is 4.45. The first kappa shape index (κ1) is 16.6. The lowest BCUT2D eigenvalue weighted by Gasteiger charge is -2.08. The normalized spacial score (nSPS) is 10.3. The Morgan fingerprint density at radius 1 is 1.23 bits per heavy atom. The van der Waals surface area contributed by atoms with Crippen LogP contribution in [0, 0.1) is 13.8 Å². The molecule has 2 rings (SSSR count). The van der Waals surface area contributed by atoms with Crippen LogP contribution in [0.3, 0.4) is 0 Å². The molecule has 1 heterocycles. The fourth-order valence-electron chi connectivity index (χ4n) is 1.79. The number of amides is 3. The van der Waals surface area contributed by atoms with E-state index in [9.17, 15) is 9.59 Å². The van der Waals surface area contributed by atoms with Gasteiger partial charge in [0.1, 0.15) is 0 Å². The van der Waals surface area contributed by atoms with Gasteiger partial charge in [-0.25, -0.2) is 4.79 Å². The van der Waals surface area contributed by atoms with Gasteiger partial charge in [-0.1, -0.05) is 23.8 Å². The number of urea groups is 1. The van der Waals surface area contributed by atoms with Gasteiger partial charge in [-0.05, 0) is 36.9 Å². The summed E-state index contributed by atoms with van der Waals surface area (Å²) in [6, 6.07) is 9.51. The maximum absolute atomic E-state index is 11.8. The summed E-state index contributed by atoms with van der Waals surface area (Å²) in [7, 11) is 0. The van der Waals surface area contributed by atoms with Crippen LogP contribution in [0.15, 0.2) is 40.6 Å². The molecule has 6 heteroatoms. The van der Waals surface area contributed by atoms with Gasteiger partial charge in [-0.15, -0.1) is 23.1 Å². The second-order valence-corrected chi connectivity index (χ2v) is 6.92. The van der Waals surface area contributed by atoms with E-state index >= 15 is 0 Å². The van der Waals surface area contributed by atoms with E-state index in [1.807, 2.05) is 49.6 Å². The van der Waals surface area contributed by atoms with Gasteiger partial charge in [0, 0.05) is 9.77 Å². The Balaban J connectivity index is 1.75. The van der Waals surface area contributed by atoms with Crippen molar-refractivity contribution < 1.29 is 9.59 Å². The molecule has 0 aliphatic carbocycles. The Hall–Kier alpha value is -1.79. The highest BCUT2D eigenvalue weighted by Crippen LogP contribution is 2.23. The zero-order chi connectivity index (χ0) is 15.9. The van der Waals surface area contributed by atoms with Crippen LogP contribution >= 0.6 is 23.1 Å². The summed E-state index contributed by atoms with van der Waals surface area (Å²) in [5.41, 5.74) is 2.28. The van der Waals surface area contributed by atoms with E-state index in [0.29, 0.717) is 6.54 Å². The third kappa shape index (κ3) is 5.20. The summed E-state index contributed by atoms with van der Waals surface area (Å²) in [4.78, 5) is 25.5. The maximum atomic E-state index is 11.8. The van der Waals surface area contributed by atoms with Gasteiger partial charge in [0.05, 0.1) is 12.3 Å². The minimum absolute atomic E-state index is 0.219. The van der Waals surface area contributed by atoms with Crippen LogP contribution in [0.2, 0.25) is 0 Å². The Kier molecular flexibility index (Phi) is 6.03. The summed E-state index contributed by atoms with van der Waals surface area (Å²) in [6.07, 6.45) is 0. The summed E-state index contributed by atoms with van der Waals surface area (Å²) >= 11 is 3.00. The van der Waals surface area contributed by atoms with Gasteiger partial charge in [0.2, 0.25) is 5.91 Å². The Labute approximate surface area is 138 Å². The van der Waals surface area contributed by atoms with E-state index in [0.717, 1.165) is 20.9 Å². The van der Waals surface area contributed by atoms with Crippen molar-refractivity contribution in [3.63, 3.8) is 0 Å². The predicted octanol–water partition coefficient (Wildman–Crippen LogP) is 3.48. The van der Waals surface area contributed by atoms with Crippen LogP contribution in [0.5, 0.6) is 0 Å². The first-order valence-electron chi connectivity index (χ1n) is 6.84. The number of imide groups is 1. The first-order chi connectivity index (χ1) is 10.5. The Morgan fingerprint density at radius 3 is 2.77 bits per heavy atom. The molecule has 2 N–H and O–H groups in total. The molecular formula is C16H18N2O2S2. The highest BCUT2D eigenvalue weighted by molar-refractivity contribution is 8.00. The third-order valence-corrected chi connectivity index (χ3v) is 4.99. The van der Waals surface area contributed by atoms with Crippen molar-refractivity contribution in [2.45, 2.75) is 25.3 Å². The second kappa shape index (κ2) is 8.00. The van der Waals surface area contributed by atoms with Gasteiger partial charge in [0.15, 0.2) is 0 Å². The van der Waals surface area contributed by atoms with E-state index in [-0.39, 0.29) is 11.7 Å². The van der Waals surface area contributed by atoms with Crippen LogP contribution in [-0.2, 0) is 11.3 Å². The molecule has 0 saturated heterocycles. The van der Waals surface area contributed by atoms with E-state index in [2.05, 4.69) is 10.6 Å². The monoisotopic (exact) mass is 334 g/mol. The molecule has 1 aromatic heterocycles. The molecule has 116 valence electrons. The smallest absolute Gasteiger partial charge is 0.321 e. The molecule has 0 fully saturated rings. The molecule has 22 heavy (non-hydrogen) atoms. The maximum Gasteiger partial charge on any atom is 0.321 e. The number of rotatable bonds is 5. The van der Waals surface area contributed by atoms with E-state index in [4.69, 9.17) is 0 Å². The quantitative estimate of drug-likeness (QED) is 0.823. The molecule has 4 nitrogen and oxygen atoms in total. The lowest BCUT2D eigenvalue weighted by molar-refractivity contribution is -0.117. The molecular weight excluding hydrogens is 316 g/mol. The van der Waals surface area contributed by atoms with Crippen LogP contribution in [0.1, 0.15) is 16.0 Å². The summed E-state index contributed by atoms with van der Waals surface area (Å²) in [5, 5.41) is 6.95. The van der Waals surface area contributed by atoms with Crippen molar-refractivity contribution in [2.75, 3.05) is 5.75 Å². The Morgan fingerprint density at radius 2 is 2.05 bits per heavy atom. The molecule has 0 unspecified atom stereocenters. The molecule has 0 spiro atoms. The predicted molar refractivity (Wildman–Crippen MR) is 91.3 cm³/mol. The molecule has 2 aromatic rings. The molecule has 1 aromatic carbocycles. The molecule has 3 amide bonds. The fourth-order valence-corrected chi connectivity index (χ4v) is 3.36. The highest BCUT2D eigenvalue weighted by atomic mass is 32.2. The average Bonchev–Trinajstić information content (AvgIpc) is 2.99. The zero-order valence-corrected chi connectivity index (χ0v) is 14.1. The molecule has 0 bridgehead atoms. The minimum Gasteiger partial charge on any atom is -0.333 e. The largest absolute Gasteiger partial charge is 0.333 e. The van der Waals surface area contributed by atoms with E-state index in [1.54, 1.807) is 11.3 Å². The van der Waals surface area contributed by atoms with Crippen molar-refractivity contribution in [1.82, 2.24) is 10.6 Å². The van der Waals surface area contributed by atoms with Crippen molar-refractivity contribution in [3.05, 3.63) is 51.7 Å².